The van der Waals surface area contributed by atoms with Crippen LogP contribution in [0.2, 0.25) is 0 Å². The molecule has 21 heavy (non-hydrogen) atoms. The molecule has 0 saturated heterocycles. The number of aromatic nitrogens is 1. The number of fused-ring (bicyclic) bond motifs is 3. The summed E-state index contributed by atoms with van der Waals surface area (Å²) in [6, 6.07) is 7.28. The number of ketones is 1. The van der Waals surface area contributed by atoms with E-state index in [1.165, 1.54) is 41.4 Å². The van der Waals surface area contributed by atoms with E-state index in [0.29, 0.717) is 12.6 Å². The number of hydrogen-bond donors (Lipinski definition) is 0. The fourth-order valence-corrected chi connectivity index (χ4v) is 4.27. The van der Waals surface area contributed by atoms with Crippen molar-refractivity contribution >= 4 is 16.7 Å². The topological polar surface area (TPSA) is 25.2 Å². The van der Waals surface area contributed by atoms with E-state index in [1.54, 1.807) is 12.5 Å². The van der Waals surface area contributed by atoms with Gasteiger partial charge in [-0.3, -0.25) is 9.69 Å². The lowest BCUT2D eigenvalue weighted by molar-refractivity contribution is -0.119. The Balaban J connectivity index is 1.90. The number of carbonyl (C=O) groups excluding carboxylic acids is 1. The number of nitrogens with zero attached hydrogens (tertiary/aromatic N) is 2. The van der Waals surface area contributed by atoms with E-state index in [4.69, 9.17) is 0 Å². The van der Waals surface area contributed by atoms with Crippen LogP contribution in [-0.4, -0.2) is 28.3 Å². The molecule has 3 heteroatoms. The van der Waals surface area contributed by atoms with Gasteiger partial charge in [-0.05, 0) is 50.8 Å². The van der Waals surface area contributed by atoms with Crippen LogP contribution in [0.15, 0.2) is 18.2 Å². The first-order chi connectivity index (χ1) is 10.1. The van der Waals surface area contributed by atoms with Crippen LogP contribution in [-0.2, 0) is 17.8 Å². The molecule has 0 saturated carbocycles. The lowest BCUT2D eigenvalue weighted by Gasteiger charge is -2.39. The Morgan fingerprint density at radius 2 is 2.19 bits per heavy atom. The van der Waals surface area contributed by atoms with Crippen LogP contribution in [0, 0.1) is 6.92 Å². The summed E-state index contributed by atoms with van der Waals surface area (Å²) in [6.07, 6.45) is 3.61. The van der Waals surface area contributed by atoms with Gasteiger partial charge in [0.25, 0.3) is 0 Å². The summed E-state index contributed by atoms with van der Waals surface area (Å²) in [5.41, 5.74) is 5.76. The van der Waals surface area contributed by atoms with Gasteiger partial charge in [-0.25, -0.2) is 0 Å². The van der Waals surface area contributed by atoms with Gasteiger partial charge in [0.1, 0.15) is 5.78 Å². The van der Waals surface area contributed by atoms with Crippen LogP contribution in [0.5, 0.6) is 0 Å². The number of benzene rings is 1. The molecule has 0 radical (unpaired) electrons. The molecule has 1 aliphatic heterocycles. The molecular weight excluding hydrogens is 260 g/mol. The third kappa shape index (κ3) is 1.95. The normalized spacial score (nSPS) is 21.5. The number of aryl methyl sites for hydroxylation is 2. The van der Waals surface area contributed by atoms with E-state index in [1.807, 2.05) is 0 Å². The Hall–Kier alpha value is -1.61. The third-order valence-corrected chi connectivity index (χ3v) is 5.07. The highest BCUT2D eigenvalue weighted by atomic mass is 16.1. The summed E-state index contributed by atoms with van der Waals surface area (Å²) in [5.74, 6) is 0.280. The smallest absolute Gasteiger partial charge is 0.143 e. The Bertz CT molecular complexity index is 728. The van der Waals surface area contributed by atoms with Crippen molar-refractivity contribution in [2.45, 2.75) is 45.7 Å². The van der Waals surface area contributed by atoms with Gasteiger partial charge in [0.05, 0.1) is 12.6 Å². The van der Waals surface area contributed by atoms with Crippen LogP contribution in [0.1, 0.15) is 42.6 Å². The molecule has 0 amide bonds. The molecule has 0 N–H and O–H groups in total. The molecule has 2 heterocycles. The number of hydrogen-bond acceptors (Lipinski definition) is 2. The van der Waals surface area contributed by atoms with Crippen molar-refractivity contribution in [3.05, 3.63) is 35.0 Å². The van der Waals surface area contributed by atoms with Crippen LogP contribution >= 0.6 is 0 Å². The fraction of sp³-hybridized carbons (Fsp3) is 0.500. The largest absolute Gasteiger partial charge is 0.342 e. The van der Waals surface area contributed by atoms with Gasteiger partial charge >= 0.3 is 0 Å². The molecule has 2 aromatic rings. The molecule has 1 atom stereocenters. The summed E-state index contributed by atoms with van der Waals surface area (Å²) < 4.78 is 2.52. The van der Waals surface area contributed by atoms with Crippen molar-refractivity contribution in [1.29, 1.82) is 0 Å². The molecule has 0 bridgehead atoms. The fourth-order valence-electron chi connectivity index (χ4n) is 4.27. The molecule has 1 unspecified atom stereocenters. The van der Waals surface area contributed by atoms with Crippen molar-refractivity contribution in [3.8, 4) is 0 Å². The van der Waals surface area contributed by atoms with E-state index >= 15 is 0 Å². The van der Waals surface area contributed by atoms with Crippen molar-refractivity contribution in [1.82, 2.24) is 9.47 Å². The first-order valence-electron chi connectivity index (χ1n) is 8.00. The second kappa shape index (κ2) is 4.70. The van der Waals surface area contributed by atoms with Gasteiger partial charge in [-0.15, -0.1) is 0 Å². The third-order valence-electron chi connectivity index (χ3n) is 5.07. The lowest BCUT2D eigenvalue weighted by Crippen LogP contribution is -2.41. The highest BCUT2D eigenvalue weighted by Crippen LogP contribution is 2.42. The SMILES string of the molecule is CC(=O)CN1CCn2c3c(c4cc(C)ccc42)CCCC31. The second-order valence-electron chi connectivity index (χ2n) is 6.62. The zero-order chi connectivity index (χ0) is 14.6. The molecule has 1 aromatic heterocycles. The van der Waals surface area contributed by atoms with Gasteiger partial charge in [0.2, 0.25) is 0 Å². The van der Waals surface area contributed by atoms with Crippen LogP contribution in [0.4, 0.5) is 0 Å². The summed E-state index contributed by atoms with van der Waals surface area (Å²) in [4.78, 5) is 14.0. The Kier molecular flexibility index (Phi) is 2.93. The van der Waals surface area contributed by atoms with Crippen LogP contribution in [0.3, 0.4) is 0 Å². The predicted octanol–water partition coefficient (Wildman–Crippen LogP) is 3.23. The zero-order valence-corrected chi connectivity index (χ0v) is 12.9. The van der Waals surface area contributed by atoms with E-state index in [2.05, 4.69) is 34.6 Å². The first-order valence-corrected chi connectivity index (χ1v) is 8.00. The molecule has 3 nitrogen and oxygen atoms in total. The minimum Gasteiger partial charge on any atom is -0.342 e. The minimum absolute atomic E-state index is 0.280. The first kappa shape index (κ1) is 13.1. The zero-order valence-electron chi connectivity index (χ0n) is 12.9. The lowest BCUT2D eigenvalue weighted by atomic mass is 9.89. The number of carbonyl (C=O) groups is 1. The molecule has 0 fully saturated rings. The highest BCUT2D eigenvalue weighted by Gasteiger charge is 2.34. The Morgan fingerprint density at radius 1 is 1.33 bits per heavy atom. The van der Waals surface area contributed by atoms with Crippen LogP contribution < -0.4 is 0 Å². The van der Waals surface area contributed by atoms with Crippen LogP contribution in [0.25, 0.3) is 10.9 Å². The molecule has 1 aliphatic carbocycles. The number of Topliss-reactive ketones (excluding diaryl/α,β-unsaturated/α-hetero) is 1. The van der Waals surface area contributed by atoms with Gasteiger partial charge in [-0.2, -0.15) is 0 Å². The van der Waals surface area contributed by atoms with Gasteiger partial charge < -0.3 is 4.57 Å². The highest BCUT2D eigenvalue weighted by molar-refractivity contribution is 5.87. The van der Waals surface area contributed by atoms with Crippen molar-refractivity contribution in [2.24, 2.45) is 0 Å². The maximum atomic E-state index is 11.6. The van der Waals surface area contributed by atoms with Gasteiger partial charge in [-0.1, -0.05) is 11.6 Å². The summed E-state index contributed by atoms with van der Waals surface area (Å²) in [6.45, 7) is 6.49. The van der Waals surface area contributed by atoms with Gasteiger partial charge in [0, 0.05) is 29.7 Å². The van der Waals surface area contributed by atoms with E-state index in [-0.39, 0.29) is 5.78 Å². The number of rotatable bonds is 2. The molecule has 0 spiro atoms. The summed E-state index contributed by atoms with van der Waals surface area (Å²) >= 11 is 0. The van der Waals surface area contributed by atoms with Crippen molar-refractivity contribution in [2.75, 3.05) is 13.1 Å². The van der Waals surface area contributed by atoms with Crippen molar-refractivity contribution < 1.29 is 4.79 Å². The molecular formula is C18H22N2O. The Labute approximate surface area is 125 Å². The maximum Gasteiger partial charge on any atom is 0.143 e. The molecule has 1 aromatic carbocycles. The minimum atomic E-state index is 0.280. The Morgan fingerprint density at radius 3 is 3.00 bits per heavy atom. The molecule has 4 rings (SSSR count). The van der Waals surface area contributed by atoms with E-state index in [0.717, 1.165) is 13.1 Å². The average molecular weight is 282 g/mol. The second-order valence-corrected chi connectivity index (χ2v) is 6.62. The molecule has 2 aliphatic rings. The van der Waals surface area contributed by atoms with E-state index in [9.17, 15) is 4.79 Å². The standard InChI is InChI=1S/C18H22N2O/c1-12-6-7-16-15(10-12)14-4-3-5-17-18(14)20(16)9-8-19(17)11-13(2)21/h6-7,10,17H,3-5,8-9,11H2,1-2H3. The predicted molar refractivity (Wildman–Crippen MR) is 84.6 cm³/mol. The van der Waals surface area contributed by atoms with E-state index < -0.39 is 0 Å². The monoisotopic (exact) mass is 282 g/mol. The van der Waals surface area contributed by atoms with Gasteiger partial charge in [0.15, 0.2) is 0 Å². The molecule has 110 valence electrons. The maximum absolute atomic E-state index is 11.6. The van der Waals surface area contributed by atoms with Crippen molar-refractivity contribution in [3.63, 3.8) is 0 Å². The quantitative estimate of drug-likeness (QED) is 0.845. The summed E-state index contributed by atoms with van der Waals surface area (Å²) in [5, 5.41) is 1.44. The summed E-state index contributed by atoms with van der Waals surface area (Å²) in [7, 11) is 0. The average Bonchev–Trinajstić information content (AvgIpc) is 2.77.